The van der Waals surface area contributed by atoms with E-state index in [1.54, 1.807) is 19.2 Å². The van der Waals surface area contributed by atoms with E-state index in [0.717, 1.165) is 34.4 Å². The van der Waals surface area contributed by atoms with Crippen molar-refractivity contribution in [2.75, 3.05) is 14.2 Å². The van der Waals surface area contributed by atoms with Crippen molar-refractivity contribution < 1.29 is 19.1 Å². The van der Waals surface area contributed by atoms with Crippen LogP contribution in [0.3, 0.4) is 0 Å². The number of allylic oxidation sites excluding steroid dienone is 1. The molecule has 184 valence electrons. The van der Waals surface area contributed by atoms with Crippen LogP contribution in [-0.2, 0) is 16.1 Å². The number of likely N-dealkylation sites (tertiary alicyclic amines) is 1. The number of esters is 1. The smallest absolute Gasteiger partial charge is 0.337 e. The summed E-state index contributed by atoms with van der Waals surface area (Å²) in [4.78, 5) is 27.7. The molecule has 36 heavy (non-hydrogen) atoms. The van der Waals surface area contributed by atoms with E-state index >= 15 is 0 Å². The van der Waals surface area contributed by atoms with Crippen LogP contribution in [0.15, 0.2) is 84.9 Å². The number of hydrogen-bond acceptors (Lipinski definition) is 4. The molecule has 3 aromatic carbocycles. The molecule has 0 bridgehead atoms. The SMILES string of the molecule is COC(=O)c1ccc(-c2ccc(OC)c([C@H]3[C@@H]4C=CC[C@H](C)[C@H]4C(=O)N3Cc3ccccc3)c2)cc1. The summed E-state index contributed by atoms with van der Waals surface area (Å²) in [7, 11) is 3.06. The summed E-state index contributed by atoms with van der Waals surface area (Å²) >= 11 is 0. The first-order valence-electron chi connectivity index (χ1n) is 12.4. The van der Waals surface area contributed by atoms with Crippen molar-refractivity contribution in [3.63, 3.8) is 0 Å². The van der Waals surface area contributed by atoms with Crippen molar-refractivity contribution in [1.82, 2.24) is 4.90 Å². The number of benzene rings is 3. The monoisotopic (exact) mass is 481 g/mol. The van der Waals surface area contributed by atoms with E-state index in [4.69, 9.17) is 9.47 Å². The summed E-state index contributed by atoms with van der Waals surface area (Å²) in [6.45, 7) is 2.73. The Kier molecular flexibility index (Phi) is 6.64. The van der Waals surface area contributed by atoms with Crippen LogP contribution in [0.1, 0.15) is 40.9 Å². The predicted molar refractivity (Wildman–Crippen MR) is 139 cm³/mol. The van der Waals surface area contributed by atoms with Gasteiger partial charge >= 0.3 is 5.97 Å². The number of carbonyl (C=O) groups excluding carboxylic acids is 2. The maximum absolute atomic E-state index is 13.8. The van der Waals surface area contributed by atoms with E-state index in [0.29, 0.717) is 12.1 Å². The third-order valence-electron chi connectivity index (χ3n) is 7.55. The minimum atomic E-state index is -0.359. The number of methoxy groups -OCH3 is 2. The van der Waals surface area contributed by atoms with Crippen LogP contribution in [0.25, 0.3) is 11.1 Å². The third kappa shape index (κ3) is 4.30. The molecule has 4 atom stereocenters. The summed E-state index contributed by atoms with van der Waals surface area (Å²) in [6.07, 6.45) is 5.37. The summed E-state index contributed by atoms with van der Waals surface area (Å²) in [6, 6.07) is 23.6. The zero-order valence-electron chi connectivity index (χ0n) is 20.9. The van der Waals surface area contributed by atoms with Crippen molar-refractivity contribution in [1.29, 1.82) is 0 Å². The van der Waals surface area contributed by atoms with Crippen molar-refractivity contribution in [2.45, 2.75) is 25.9 Å². The van der Waals surface area contributed by atoms with E-state index in [1.807, 2.05) is 47.4 Å². The maximum Gasteiger partial charge on any atom is 0.337 e. The Morgan fingerprint density at radius 2 is 1.69 bits per heavy atom. The molecule has 1 amide bonds. The van der Waals surface area contributed by atoms with Crippen LogP contribution in [-0.4, -0.2) is 31.0 Å². The molecule has 0 spiro atoms. The highest BCUT2D eigenvalue weighted by Crippen LogP contribution is 2.51. The zero-order chi connectivity index (χ0) is 25.2. The molecule has 0 N–H and O–H groups in total. The first-order chi connectivity index (χ1) is 17.5. The molecule has 1 heterocycles. The largest absolute Gasteiger partial charge is 0.496 e. The number of amides is 1. The molecule has 1 aliphatic heterocycles. The van der Waals surface area contributed by atoms with Crippen molar-refractivity contribution in [2.24, 2.45) is 17.8 Å². The fourth-order valence-electron chi connectivity index (χ4n) is 5.74. The van der Waals surface area contributed by atoms with Crippen LogP contribution < -0.4 is 4.74 Å². The fourth-order valence-corrected chi connectivity index (χ4v) is 5.74. The number of nitrogens with zero attached hydrogens (tertiary/aromatic N) is 1. The van der Waals surface area contributed by atoms with Crippen LogP contribution in [0.4, 0.5) is 0 Å². The molecular weight excluding hydrogens is 450 g/mol. The Hall–Kier alpha value is -3.86. The van der Waals surface area contributed by atoms with Gasteiger partial charge < -0.3 is 14.4 Å². The first-order valence-corrected chi connectivity index (χ1v) is 12.4. The third-order valence-corrected chi connectivity index (χ3v) is 7.55. The number of ether oxygens (including phenoxy) is 2. The molecule has 3 aromatic rings. The van der Waals surface area contributed by atoms with Gasteiger partial charge in [0.25, 0.3) is 0 Å². The van der Waals surface area contributed by atoms with Gasteiger partial charge in [0.1, 0.15) is 5.75 Å². The van der Waals surface area contributed by atoms with Gasteiger partial charge in [-0.05, 0) is 53.3 Å². The second-order valence-corrected chi connectivity index (χ2v) is 9.67. The Morgan fingerprint density at radius 3 is 2.39 bits per heavy atom. The Bertz CT molecular complexity index is 1280. The van der Waals surface area contributed by atoms with Crippen LogP contribution in [0, 0.1) is 17.8 Å². The van der Waals surface area contributed by atoms with Crippen molar-refractivity contribution >= 4 is 11.9 Å². The standard InChI is InChI=1S/C31H31NO4/c1-20-8-7-11-25-28(20)30(33)32(19-21-9-5-4-6-10-21)29(25)26-18-24(16-17-27(26)35-2)22-12-14-23(15-13-22)31(34)36-3/h4-7,9-18,20,25,28-29H,8,19H2,1-3H3/t20-,25+,28+,29+/m0/s1. The molecule has 5 heteroatoms. The molecule has 0 unspecified atom stereocenters. The molecule has 0 radical (unpaired) electrons. The molecule has 1 fully saturated rings. The van der Waals surface area contributed by atoms with Crippen molar-refractivity contribution in [3.8, 4) is 16.9 Å². The molecule has 5 rings (SSSR count). The van der Waals surface area contributed by atoms with Gasteiger partial charge in [0.15, 0.2) is 0 Å². The quantitative estimate of drug-likeness (QED) is 0.317. The minimum Gasteiger partial charge on any atom is -0.496 e. The highest BCUT2D eigenvalue weighted by molar-refractivity contribution is 5.90. The normalized spacial score (nSPS) is 22.9. The second-order valence-electron chi connectivity index (χ2n) is 9.67. The fraction of sp³-hybridized carbons (Fsp3) is 0.290. The number of hydrogen-bond donors (Lipinski definition) is 0. The van der Waals surface area contributed by atoms with Gasteiger partial charge in [-0.1, -0.05) is 67.6 Å². The molecule has 1 saturated heterocycles. The lowest BCUT2D eigenvalue weighted by atomic mass is 9.75. The number of rotatable bonds is 6. The molecular formula is C31H31NO4. The van der Waals surface area contributed by atoms with E-state index in [1.165, 1.54) is 7.11 Å². The number of carbonyl (C=O) groups is 2. The van der Waals surface area contributed by atoms with E-state index in [2.05, 4.69) is 37.3 Å². The molecule has 1 aliphatic carbocycles. The molecule has 0 aromatic heterocycles. The number of fused-ring (bicyclic) bond motifs is 1. The average molecular weight is 482 g/mol. The van der Waals surface area contributed by atoms with Gasteiger partial charge in [0.2, 0.25) is 5.91 Å². The lowest BCUT2D eigenvalue weighted by Crippen LogP contribution is -2.30. The van der Waals surface area contributed by atoms with E-state index in [-0.39, 0.29) is 35.7 Å². The summed E-state index contributed by atoms with van der Waals surface area (Å²) in [5, 5.41) is 0. The van der Waals surface area contributed by atoms with Crippen LogP contribution in [0.5, 0.6) is 5.75 Å². The Balaban J connectivity index is 1.58. The second kappa shape index (κ2) is 10.0. The summed E-state index contributed by atoms with van der Waals surface area (Å²) in [5.74, 6) is 0.943. The van der Waals surface area contributed by atoms with Gasteiger partial charge in [0.05, 0.1) is 25.8 Å². The van der Waals surface area contributed by atoms with Crippen LogP contribution >= 0.6 is 0 Å². The first kappa shape index (κ1) is 23.9. The minimum absolute atomic E-state index is 0.0450. The van der Waals surface area contributed by atoms with Crippen molar-refractivity contribution in [3.05, 3.63) is 102 Å². The highest BCUT2D eigenvalue weighted by Gasteiger charge is 2.51. The van der Waals surface area contributed by atoms with Gasteiger partial charge in [-0.15, -0.1) is 0 Å². The summed E-state index contributed by atoms with van der Waals surface area (Å²) in [5.41, 5.74) is 4.61. The van der Waals surface area contributed by atoms with Gasteiger partial charge in [0, 0.05) is 23.9 Å². The van der Waals surface area contributed by atoms with Gasteiger partial charge in [-0.25, -0.2) is 4.79 Å². The van der Waals surface area contributed by atoms with Gasteiger partial charge in [-0.3, -0.25) is 4.79 Å². The Labute approximate surface area is 212 Å². The topological polar surface area (TPSA) is 55.8 Å². The van der Waals surface area contributed by atoms with Gasteiger partial charge in [-0.2, -0.15) is 0 Å². The lowest BCUT2D eigenvalue weighted by molar-refractivity contribution is -0.134. The maximum atomic E-state index is 13.8. The predicted octanol–water partition coefficient (Wildman–Crippen LogP) is 6.06. The van der Waals surface area contributed by atoms with E-state index < -0.39 is 0 Å². The van der Waals surface area contributed by atoms with E-state index in [9.17, 15) is 9.59 Å². The molecule has 5 nitrogen and oxygen atoms in total. The zero-order valence-corrected chi connectivity index (χ0v) is 20.9. The molecule has 2 aliphatic rings. The lowest BCUT2D eigenvalue weighted by Gasteiger charge is -2.31. The molecule has 0 saturated carbocycles. The summed E-state index contributed by atoms with van der Waals surface area (Å²) < 4.78 is 10.7. The average Bonchev–Trinajstić information content (AvgIpc) is 3.20. The van der Waals surface area contributed by atoms with Crippen LogP contribution in [0.2, 0.25) is 0 Å². The highest BCUT2D eigenvalue weighted by atomic mass is 16.5. The Morgan fingerprint density at radius 1 is 0.972 bits per heavy atom.